The molecule has 7 nitrogen and oxygen atoms in total. The number of carbonyl (C=O) groups is 2. The first kappa shape index (κ1) is 23.0. The highest BCUT2D eigenvalue weighted by Crippen LogP contribution is 2.39. The van der Waals surface area contributed by atoms with E-state index in [4.69, 9.17) is 4.74 Å². The minimum atomic E-state index is -0.730. The predicted octanol–water partition coefficient (Wildman–Crippen LogP) is 2.93. The summed E-state index contributed by atoms with van der Waals surface area (Å²) in [5.41, 5.74) is 3.28. The molecule has 3 heterocycles. The molecule has 34 heavy (non-hydrogen) atoms. The van der Waals surface area contributed by atoms with E-state index in [0.717, 1.165) is 44.3 Å². The molecule has 1 aromatic carbocycles. The second kappa shape index (κ2) is 9.84. The van der Waals surface area contributed by atoms with Crippen LogP contribution in [0.15, 0.2) is 48.8 Å². The van der Waals surface area contributed by atoms with Gasteiger partial charge in [0, 0.05) is 51.7 Å². The first-order chi connectivity index (χ1) is 16.6. The van der Waals surface area contributed by atoms with Crippen LogP contribution in [-0.2, 0) is 28.8 Å². The van der Waals surface area contributed by atoms with Gasteiger partial charge in [0.15, 0.2) is 0 Å². The molecule has 2 aromatic rings. The fraction of sp³-hybridized carbons (Fsp3) is 0.519. The SMILES string of the molecule is COCCN1C(=O)N(CCCc2cccnc2)C(=O)C12CCN(C1Cc3ccccc3C1)CC2. The molecule has 0 bridgehead atoms. The number of aryl methyl sites for hydroxylation is 1. The molecule has 1 spiro atoms. The lowest BCUT2D eigenvalue weighted by Crippen LogP contribution is -2.58. The number of imide groups is 1. The van der Waals surface area contributed by atoms with Crippen LogP contribution in [0, 0.1) is 0 Å². The summed E-state index contributed by atoms with van der Waals surface area (Å²) in [5, 5.41) is 0. The standard InChI is InChI=1S/C27H34N4O3/c1-34-17-16-31-26(33)30(13-5-7-21-6-4-12-28-20-21)25(32)27(31)10-14-29(15-11-27)24-18-22-8-2-3-9-23(22)19-24/h2-4,6,8-9,12,20,24H,5,7,10-11,13-19H2,1H3. The molecular formula is C27H34N4O3. The lowest BCUT2D eigenvalue weighted by atomic mass is 9.85. The first-order valence-electron chi connectivity index (χ1n) is 12.4. The van der Waals surface area contributed by atoms with Crippen molar-refractivity contribution >= 4 is 11.9 Å². The molecule has 1 aliphatic carbocycles. The lowest BCUT2D eigenvalue weighted by Gasteiger charge is -2.44. The lowest BCUT2D eigenvalue weighted by molar-refractivity contribution is -0.136. The van der Waals surface area contributed by atoms with Crippen LogP contribution in [0.1, 0.15) is 36.0 Å². The highest BCUT2D eigenvalue weighted by Gasteiger charge is 2.57. The van der Waals surface area contributed by atoms with Gasteiger partial charge >= 0.3 is 6.03 Å². The van der Waals surface area contributed by atoms with Gasteiger partial charge < -0.3 is 9.64 Å². The second-order valence-electron chi connectivity index (χ2n) is 9.75. The minimum Gasteiger partial charge on any atom is -0.383 e. The Bertz CT molecular complexity index is 995. The van der Waals surface area contributed by atoms with Crippen molar-refractivity contribution in [2.45, 2.75) is 50.1 Å². The van der Waals surface area contributed by atoms with E-state index in [1.807, 2.05) is 23.2 Å². The molecule has 0 N–H and O–H groups in total. The second-order valence-corrected chi connectivity index (χ2v) is 9.75. The van der Waals surface area contributed by atoms with E-state index < -0.39 is 5.54 Å². The third-order valence-electron chi connectivity index (χ3n) is 7.88. The first-order valence-corrected chi connectivity index (χ1v) is 12.4. The van der Waals surface area contributed by atoms with Crippen LogP contribution in [0.3, 0.4) is 0 Å². The van der Waals surface area contributed by atoms with E-state index in [2.05, 4.69) is 34.1 Å². The average molecular weight is 463 g/mol. The summed E-state index contributed by atoms with van der Waals surface area (Å²) in [7, 11) is 1.64. The quantitative estimate of drug-likeness (QED) is 0.565. The highest BCUT2D eigenvalue weighted by atomic mass is 16.5. The predicted molar refractivity (Wildman–Crippen MR) is 129 cm³/mol. The van der Waals surface area contributed by atoms with Gasteiger partial charge in [-0.2, -0.15) is 0 Å². The number of pyridine rings is 1. The molecule has 5 rings (SSSR count). The van der Waals surface area contributed by atoms with E-state index in [9.17, 15) is 9.59 Å². The number of urea groups is 1. The number of rotatable bonds is 8. The van der Waals surface area contributed by atoms with Gasteiger partial charge in [-0.05, 0) is 61.3 Å². The van der Waals surface area contributed by atoms with Crippen molar-refractivity contribution < 1.29 is 14.3 Å². The van der Waals surface area contributed by atoms with Gasteiger partial charge in [-0.25, -0.2) is 4.79 Å². The molecule has 0 atom stereocenters. The summed E-state index contributed by atoms with van der Waals surface area (Å²) in [6, 6.07) is 13.0. The van der Waals surface area contributed by atoms with Crippen LogP contribution in [-0.4, -0.2) is 83.1 Å². The summed E-state index contributed by atoms with van der Waals surface area (Å²) in [6.07, 6.45) is 8.66. The number of ether oxygens (including phenoxy) is 1. The van der Waals surface area contributed by atoms with E-state index in [-0.39, 0.29) is 11.9 Å². The van der Waals surface area contributed by atoms with Gasteiger partial charge in [0.25, 0.3) is 5.91 Å². The van der Waals surface area contributed by atoms with E-state index in [0.29, 0.717) is 38.6 Å². The van der Waals surface area contributed by atoms with Crippen LogP contribution in [0.4, 0.5) is 4.79 Å². The monoisotopic (exact) mass is 462 g/mol. The van der Waals surface area contributed by atoms with E-state index in [1.54, 1.807) is 13.3 Å². The number of likely N-dealkylation sites (tertiary alicyclic amines) is 1. The molecule has 0 unspecified atom stereocenters. The number of piperidine rings is 1. The Kier molecular flexibility index (Phi) is 6.66. The molecule has 7 heteroatoms. The summed E-state index contributed by atoms with van der Waals surface area (Å²) in [4.78, 5) is 37.1. The summed E-state index contributed by atoms with van der Waals surface area (Å²) >= 11 is 0. The van der Waals surface area contributed by atoms with Gasteiger partial charge in [-0.15, -0.1) is 0 Å². The van der Waals surface area contributed by atoms with Crippen LogP contribution >= 0.6 is 0 Å². The third-order valence-corrected chi connectivity index (χ3v) is 7.88. The summed E-state index contributed by atoms with van der Waals surface area (Å²) in [5.74, 6) is -0.0193. The van der Waals surface area contributed by atoms with Gasteiger partial charge in [0.1, 0.15) is 5.54 Å². The molecule has 180 valence electrons. The maximum Gasteiger partial charge on any atom is 0.327 e. The molecule has 0 radical (unpaired) electrons. The van der Waals surface area contributed by atoms with Crippen molar-refractivity contribution in [2.24, 2.45) is 0 Å². The Morgan fingerprint density at radius 2 is 1.76 bits per heavy atom. The molecule has 3 aliphatic rings. The Labute approximate surface area is 201 Å². The number of amides is 3. The normalized spacial score (nSPS) is 20.5. The van der Waals surface area contributed by atoms with Gasteiger partial charge in [0.2, 0.25) is 0 Å². The number of hydrogen-bond acceptors (Lipinski definition) is 5. The zero-order chi connectivity index (χ0) is 23.5. The van der Waals surface area contributed by atoms with Crippen LogP contribution in [0.25, 0.3) is 0 Å². The van der Waals surface area contributed by atoms with Crippen LogP contribution in [0.5, 0.6) is 0 Å². The molecule has 2 saturated heterocycles. The van der Waals surface area contributed by atoms with E-state index in [1.165, 1.54) is 16.0 Å². The molecule has 0 saturated carbocycles. The maximum atomic E-state index is 13.7. The van der Waals surface area contributed by atoms with Crippen molar-refractivity contribution in [1.29, 1.82) is 0 Å². The van der Waals surface area contributed by atoms with Gasteiger partial charge in [-0.1, -0.05) is 30.3 Å². The number of nitrogens with zero attached hydrogens (tertiary/aromatic N) is 4. The number of aromatic nitrogens is 1. The Morgan fingerprint density at radius 3 is 2.41 bits per heavy atom. The number of fused-ring (bicyclic) bond motifs is 1. The number of carbonyl (C=O) groups excluding carboxylic acids is 2. The van der Waals surface area contributed by atoms with Gasteiger partial charge in [0.05, 0.1) is 6.61 Å². The van der Waals surface area contributed by atoms with Crippen molar-refractivity contribution in [3.8, 4) is 0 Å². The average Bonchev–Trinajstić information content (AvgIpc) is 3.38. The Morgan fingerprint density at radius 1 is 1.03 bits per heavy atom. The molecule has 2 fully saturated rings. The van der Waals surface area contributed by atoms with Crippen molar-refractivity contribution in [1.82, 2.24) is 19.7 Å². The summed E-state index contributed by atoms with van der Waals surface area (Å²) in [6.45, 7) is 3.01. The van der Waals surface area contributed by atoms with Crippen LogP contribution in [0.2, 0.25) is 0 Å². The number of benzene rings is 1. The zero-order valence-corrected chi connectivity index (χ0v) is 20.0. The molecule has 3 amide bonds. The molecule has 1 aromatic heterocycles. The smallest absolute Gasteiger partial charge is 0.327 e. The Hall–Kier alpha value is -2.77. The molecule has 2 aliphatic heterocycles. The molecular weight excluding hydrogens is 428 g/mol. The minimum absolute atomic E-state index is 0.0193. The Balaban J connectivity index is 1.25. The maximum absolute atomic E-state index is 13.7. The van der Waals surface area contributed by atoms with Gasteiger partial charge in [-0.3, -0.25) is 19.6 Å². The topological polar surface area (TPSA) is 66.0 Å². The number of hydrogen-bond donors (Lipinski definition) is 0. The largest absolute Gasteiger partial charge is 0.383 e. The fourth-order valence-corrected chi connectivity index (χ4v) is 6.00. The third kappa shape index (κ3) is 4.23. The van der Waals surface area contributed by atoms with Crippen LogP contribution < -0.4 is 0 Å². The van der Waals surface area contributed by atoms with Crippen molar-refractivity contribution in [3.63, 3.8) is 0 Å². The van der Waals surface area contributed by atoms with E-state index >= 15 is 0 Å². The summed E-state index contributed by atoms with van der Waals surface area (Å²) < 4.78 is 5.29. The van der Waals surface area contributed by atoms with Crippen molar-refractivity contribution in [3.05, 3.63) is 65.5 Å². The van der Waals surface area contributed by atoms with Crippen molar-refractivity contribution in [2.75, 3.05) is 39.9 Å². The fourth-order valence-electron chi connectivity index (χ4n) is 6.00. The number of methoxy groups -OCH3 is 1. The zero-order valence-electron chi connectivity index (χ0n) is 20.0. The highest BCUT2D eigenvalue weighted by molar-refractivity contribution is 6.07.